The Hall–Kier alpha value is -2.38. The van der Waals surface area contributed by atoms with E-state index in [0.717, 1.165) is 48.7 Å². The Morgan fingerprint density at radius 3 is 2.50 bits per heavy atom. The molecule has 0 bridgehead atoms. The summed E-state index contributed by atoms with van der Waals surface area (Å²) in [6.07, 6.45) is 5.16. The summed E-state index contributed by atoms with van der Waals surface area (Å²) < 4.78 is 0. The first-order valence-electron chi connectivity index (χ1n) is 10.2. The van der Waals surface area contributed by atoms with Crippen LogP contribution in [-0.4, -0.2) is 23.1 Å². The van der Waals surface area contributed by atoms with Gasteiger partial charge in [-0.3, -0.25) is 0 Å². The number of anilines is 1. The molecule has 3 nitrogen and oxygen atoms in total. The summed E-state index contributed by atoms with van der Waals surface area (Å²) >= 11 is 5.68. The summed E-state index contributed by atoms with van der Waals surface area (Å²) in [7, 11) is 0. The SMILES string of the molecule is CCCCc1ccc(NC(=S)N2CCC(C#N)(c3ccccc3)CC2)c(C)c1. The summed E-state index contributed by atoms with van der Waals surface area (Å²) in [6, 6.07) is 19.3. The normalized spacial score (nSPS) is 15.7. The lowest BCUT2D eigenvalue weighted by molar-refractivity contribution is 0.272. The predicted molar refractivity (Wildman–Crippen MR) is 121 cm³/mol. The highest BCUT2D eigenvalue weighted by Gasteiger charge is 2.37. The van der Waals surface area contributed by atoms with E-state index < -0.39 is 5.41 Å². The van der Waals surface area contributed by atoms with Crippen LogP contribution in [0.25, 0.3) is 0 Å². The molecule has 1 aliphatic rings. The topological polar surface area (TPSA) is 39.1 Å². The number of nitriles is 1. The lowest BCUT2D eigenvalue weighted by atomic mass is 9.74. The third-order valence-electron chi connectivity index (χ3n) is 5.80. The molecule has 2 aromatic carbocycles. The largest absolute Gasteiger partial charge is 0.349 e. The summed E-state index contributed by atoms with van der Waals surface area (Å²) in [4.78, 5) is 2.19. The van der Waals surface area contributed by atoms with E-state index >= 15 is 0 Å². The molecule has 0 saturated carbocycles. The van der Waals surface area contributed by atoms with Crippen molar-refractivity contribution in [2.75, 3.05) is 18.4 Å². The van der Waals surface area contributed by atoms with Crippen molar-refractivity contribution in [1.29, 1.82) is 5.26 Å². The first-order valence-corrected chi connectivity index (χ1v) is 10.6. The zero-order valence-electron chi connectivity index (χ0n) is 16.9. The van der Waals surface area contributed by atoms with E-state index in [9.17, 15) is 5.26 Å². The molecule has 28 heavy (non-hydrogen) atoms. The Balaban J connectivity index is 1.62. The quantitative estimate of drug-likeness (QED) is 0.674. The zero-order chi connectivity index (χ0) is 20.0. The smallest absolute Gasteiger partial charge is 0.173 e. The van der Waals surface area contributed by atoms with Crippen molar-refractivity contribution < 1.29 is 0 Å². The van der Waals surface area contributed by atoms with Gasteiger partial charge >= 0.3 is 0 Å². The number of nitrogens with zero attached hydrogens (tertiary/aromatic N) is 2. The molecule has 1 aliphatic heterocycles. The molecule has 0 amide bonds. The van der Waals surface area contributed by atoms with Gasteiger partial charge < -0.3 is 10.2 Å². The van der Waals surface area contributed by atoms with Gasteiger partial charge in [0.15, 0.2) is 5.11 Å². The maximum Gasteiger partial charge on any atom is 0.173 e. The van der Waals surface area contributed by atoms with Gasteiger partial charge in [0.1, 0.15) is 0 Å². The van der Waals surface area contributed by atoms with Gasteiger partial charge in [0.2, 0.25) is 0 Å². The fourth-order valence-electron chi connectivity index (χ4n) is 3.91. The van der Waals surface area contributed by atoms with Crippen LogP contribution in [0.1, 0.15) is 49.3 Å². The molecule has 0 aromatic heterocycles. The van der Waals surface area contributed by atoms with Crippen LogP contribution < -0.4 is 5.32 Å². The minimum absolute atomic E-state index is 0.399. The summed E-state index contributed by atoms with van der Waals surface area (Å²) in [6.45, 7) is 5.94. The van der Waals surface area contributed by atoms with Crippen LogP contribution in [0.5, 0.6) is 0 Å². The number of likely N-dealkylation sites (tertiary alicyclic amines) is 1. The number of unbranched alkanes of at least 4 members (excludes halogenated alkanes) is 1. The van der Waals surface area contributed by atoms with Crippen LogP contribution in [0, 0.1) is 18.3 Å². The predicted octanol–water partition coefficient (Wildman–Crippen LogP) is 5.59. The minimum Gasteiger partial charge on any atom is -0.349 e. The van der Waals surface area contributed by atoms with Crippen LogP contribution in [0.4, 0.5) is 5.69 Å². The van der Waals surface area contributed by atoms with E-state index in [1.54, 1.807) is 0 Å². The Labute approximate surface area is 174 Å². The monoisotopic (exact) mass is 391 g/mol. The summed E-state index contributed by atoms with van der Waals surface area (Å²) in [5.41, 5.74) is 4.41. The zero-order valence-corrected chi connectivity index (χ0v) is 17.7. The second kappa shape index (κ2) is 9.21. The van der Waals surface area contributed by atoms with Crippen molar-refractivity contribution >= 4 is 23.0 Å². The molecule has 3 rings (SSSR count). The Bertz CT molecular complexity index is 846. The van der Waals surface area contributed by atoms with Gasteiger partial charge in [-0.25, -0.2) is 0 Å². The van der Waals surface area contributed by atoms with Gasteiger partial charge in [0.25, 0.3) is 0 Å². The molecule has 0 aliphatic carbocycles. The average Bonchev–Trinajstić information content (AvgIpc) is 2.74. The van der Waals surface area contributed by atoms with Crippen LogP contribution in [-0.2, 0) is 11.8 Å². The molecule has 0 radical (unpaired) electrons. The number of nitrogens with one attached hydrogen (secondary N) is 1. The van der Waals surface area contributed by atoms with Gasteiger partial charge in [-0.15, -0.1) is 0 Å². The molecule has 4 heteroatoms. The average molecular weight is 392 g/mol. The fourth-order valence-corrected chi connectivity index (χ4v) is 4.20. The molecule has 1 fully saturated rings. The molecule has 146 valence electrons. The van der Waals surface area contributed by atoms with Crippen molar-refractivity contribution in [2.24, 2.45) is 0 Å². The number of hydrogen-bond acceptors (Lipinski definition) is 2. The molecule has 0 spiro atoms. The molecule has 0 atom stereocenters. The van der Waals surface area contributed by atoms with Gasteiger partial charge in [0, 0.05) is 18.8 Å². The summed E-state index contributed by atoms with van der Waals surface area (Å²) in [5, 5.41) is 14.0. The molecule has 1 N–H and O–H groups in total. The first kappa shape index (κ1) is 20.4. The van der Waals surface area contributed by atoms with Crippen molar-refractivity contribution in [2.45, 2.75) is 51.4 Å². The Morgan fingerprint density at radius 1 is 1.18 bits per heavy atom. The molecular formula is C24H29N3S. The second-order valence-electron chi connectivity index (χ2n) is 7.73. The molecule has 1 heterocycles. The minimum atomic E-state index is -0.399. The highest BCUT2D eigenvalue weighted by Crippen LogP contribution is 2.35. The highest BCUT2D eigenvalue weighted by molar-refractivity contribution is 7.80. The van der Waals surface area contributed by atoms with Gasteiger partial charge in [-0.1, -0.05) is 55.8 Å². The van der Waals surface area contributed by atoms with Crippen molar-refractivity contribution in [3.05, 3.63) is 65.2 Å². The molecule has 0 unspecified atom stereocenters. The highest BCUT2D eigenvalue weighted by atomic mass is 32.1. The molecule has 1 saturated heterocycles. The first-order chi connectivity index (χ1) is 13.6. The number of aryl methyl sites for hydroxylation is 2. The number of benzene rings is 2. The number of thiocarbonyl (C=S) groups is 1. The molecular weight excluding hydrogens is 362 g/mol. The maximum atomic E-state index is 9.86. The second-order valence-corrected chi connectivity index (χ2v) is 8.12. The van der Waals surface area contributed by atoms with Crippen LogP contribution >= 0.6 is 12.2 Å². The number of piperidine rings is 1. The lowest BCUT2D eigenvalue weighted by Crippen LogP contribution is -2.46. The van der Waals surface area contributed by atoms with Gasteiger partial charge in [0.05, 0.1) is 11.5 Å². The lowest BCUT2D eigenvalue weighted by Gasteiger charge is -2.39. The number of rotatable bonds is 5. The van der Waals surface area contributed by atoms with Crippen molar-refractivity contribution in [3.8, 4) is 6.07 Å². The fraction of sp³-hybridized carbons (Fsp3) is 0.417. The van der Waals surface area contributed by atoms with E-state index in [1.165, 1.54) is 24.0 Å². The van der Waals surface area contributed by atoms with E-state index in [2.05, 4.69) is 60.5 Å². The standard InChI is InChI=1S/C24H29N3S/c1-3-4-8-20-11-12-22(19(2)17-20)26-23(28)27-15-13-24(18-25,14-16-27)21-9-6-5-7-10-21/h5-7,9-12,17H,3-4,8,13-16H2,1-2H3,(H,26,28). The van der Waals surface area contributed by atoms with E-state index in [-0.39, 0.29) is 0 Å². The van der Waals surface area contributed by atoms with Gasteiger partial charge in [-0.2, -0.15) is 5.26 Å². The van der Waals surface area contributed by atoms with Crippen LogP contribution in [0.3, 0.4) is 0 Å². The third kappa shape index (κ3) is 4.54. The van der Waals surface area contributed by atoms with E-state index in [0.29, 0.717) is 0 Å². The van der Waals surface area contributed by atoms with E-state index in [1.807, 2.05) is 18.2 Å². The van der Waals surface area contributed by atoms with E-state index in [4.69, 9.17) is 12.2 Å². The van der Waals surface area contributed by atoms with Crippen LogP contribution in [0.15, 0.2) is 48.5 Å². The number of hydrogen-bond donors (Lipinski definition) is 1. The Morgan fingerprint density at radius 2 is 1.89 bits per heavy atom. The maximum absolute atomic E-state index is 9.86. The van der Waals surface area contributed by atoms with Gasteiger partial charge in [-0.05, 0) is 67.6 Å². The molecule has 2 aromatic rings. The Kier molecular flexibility index (Phi) is 6.70. The van der Waals surface area contributed by atoms with Crippen molar-refractivity contribution in [1.82, 2.24) is 4.90 Å². The third-order valence-corrected chi connectivity index (χ3v) is 6.16. The van der Waals surface area contributed by atoms with Crippen molar-refractivity contribution in [3.63, 3.8) is 0 Å². The van der Waals surface area contributed by atoms with Crippen LogP contribution in [0.2, 0.25) is 0 Å². The summed E-state index contributed by atoms with van der Waals surface area (Å²) in [5.74, 6) is 0.